The van der Waals surface area contributed by atoms with Gasteiger partial charge in [-0.05, 0) is 24.4 Å². The fourth-order valence-corrected chi connectivity index (χ4v) is 2.76. The molecule has 0 aromatic carbocycles. The van der Waals surface area contributed by atoms with E-state index in [0.717, 1.165) is 0 Å². The predicted molar refractivity (Wildman–Crippen MR) is 77.2 cm³/mol. The summed E-state index contributed by atoms with van der Waals surface area (Å²) in [5.74, 6) is 1.13. The van der Waals surface area contributed by atoms with Crippen LogP contribution in [0.2, 0.25) is 5.28 Å². The monoisotopic (exact) mass is 292 g/mol. The number of rotatable bonds is 3. The molecule has 6 nitrogen and oxygen atoms in total. The van der Waals surface area contributed by atoms with Crippen molar-refractivity contribution in [2.45, 2.75) is 38.1 Å². The summed E-state index contributed by atoms with van der Waals surface area (Å²) in [4.78, 5) is 19.0. The van der Waals surface area contributed by atoms with E-state index in [1.165, 1.54) is 32.1 Å². The summed E-state index contributed by atoms with van der Waals surface area (Å²) in [6.07, 6.45) is 11.3. The van der Waals surface area contributed by atoms with E-state index in [-0.39, 0.29) is 5.28 Å². The lowest BCUT2D eigenvalue weighted by molar-refractivity contribution is 0.423. The smallest absolute Gasteiger partial charge is 0.241 e. The molecule has 7 heteroatoms. The van der Waals surface area contributed by atoms with Crippen LogP contribution in [0, 0.1) is 0 Å². The third-order valence-electron chi connectivity index (χ3n) is 3.76. The Kier molecular flexibility index (Phi) is 3.82. The van der Waals surface area contributed by atoms with Gasteiger partial charge in [-0.3, -0.25) is 4.57 Å². The molecule has 0 aliphatic heterocycles. The van der Waals surface area contributed by atoms with E-state index in [9.17, 15) is 0 Å². The maximum atomic E-state index is 6.03. The van der Waals surface area contributed by atoms with Gasteiger partial charge in [-0.2, -0.15) is 15.0 Å². The summed E-state index contributed by atoms with van der Waals surface area (Å²) in [6.45, 7) is 0. The van der Waals surface area contributed by atoms with Crippen molar-refractivity contribution in [3.05, 3.63) is 24.0 Å². The quantitative estimate of drug-likeness (QED) is 0.870. The highest BCUT2D eigenvalue weighted by atomic mass is 35.5. The van der Waals surface area contributed by atoms with E-state index >= 15 is 0 Å². The van der Waals surface area contributed by atoms with Crippen molar-refractivity contribution < 1.29 is 0 Å². The maximum absolute atomic E-state index is 6.03. The number of imidazole rings is 1. The number of nitrogens with zero attached hydrogens (tertiary/aromatic N) is 6. The van der Waals surface area contributed by atoms with Crippen LogP contribution in [0.25, 0.3) is 5.95 Å². The van der Waals surface area contributed by atoms with E-state index in [2.05, 4.69) is 24.8 Å². The molecule has 0 amide bonds. The Morgan fingerprint density at radius 2 is 2.00 bits per heavy atom. The number of anilines is 1. The molecule has 0 N–H and O–H groups in total. The van der Waals surface area contributed by atoms with Crippen LogP contribution >= 0.6 is 11.6 Å². The van der Waals surface area contributed by atoms with Gasteiger partial charge in [0.15, 0.2) is 0 Å². The first-order valence-corrected chi connectivity index (χ1v) is 7.24. The van der Waals surface area contributed by atoms with Gasteiger partial charge in [0.05, 0.1) is 0 Å². The SMILES string of the molecule is CN(c1nc(Cl)nc(-n2ccnc2)n1)C1CCCCC1. The number of aromatic nitrogens is 5. The molecule has 0 spiro atoms. The molecule has 0 unspecified atom stereocenters. The van der Waals surface area contributed by atoms with Gasteiger partial charge < -0.3 is 4.90 Å². The summed E-state index contributed by atoms with van der Waals surface area (Å²) in [7, 11) is 2.03. The number of hydrogen-bond acceptors (Lipinski definition) is 5. The Bertz CT molecular complexity index is 564. The topological polar surface area (TPSA) is 59.7 Å². The van der Waals surface area contributed by atoms with Crippen LogP contribution in [-0.2, 0) is 0 Å². The first-order valence-electron chi connectivity index (χ1n) is 6.87. The molecule has 106 valence electrons. The highest BCUT2D eigenvalue weighted by Gasteiger charge is 2.21. The van der Waals surface area contributed by atoms with E-state index in [0.29, 0.717) is 17.9 Å². The Hall–Kier alpha value is -1.69. The van der Waals surface area contributed by atoms with Gasteiger partial charge in [0.25, 0.3) is 0 Å². The minimum absolute atomic E-state index is 0.210. The summed E-state index contributed by atoms with van der Waals surface area (Å²) < 4.78 is 1.73. The predicted octanol–water partition coefficient (Wildman–Crippen LogP) is 2.48. The van der Waals surface area contributed by atoms with Crippen LogP contribution in [0.4, 0.5) is 5.95 Å². The molecule has 1 aliphatic rings. The van der Waals surface area contributed by atoms with Gasteiger partial charge in [-0.25, -0.2) is 4.98 Å². The lowest BCUT2D eigenvalue weighted by atomic mass is 9.95. The molecule has 2 aromatic rings. The number of hydrogen-bond donors (Lipinski definition) is 0. The zero-order chi connectivity index (χ0) is 13.9. The second-order valence-electron chi connectivity index (χ2n) is 5.08. The van der Waals surface area contributed by atoms with E-state index in [1.807, 2.05) is 7.05 Å². The third kappa shape index (κ3) is 2.75. The largest absolute Gasteiger partial charge is 0.341 e. The summed E-state index contributed by atoms with van der Waals surface area (Å²) in [6, 6.07) is 0.484. The van der Waals surface area contributed by atoms with Gasteiger partial charge in [0.2, 0.25) is 17.2 Å². The first-order chi connectivity index (χ1) is 9.74. The Morgan fingerprint density at radius 1 is 1.20 bits per heavy atom. The average molecular weight is 293 g/mol. The second-order valence-corrected chi connectivity index (χ2v) is 5.42. The van der Waals surface area contributed by atoms with Crippen molar-refractivity contribution >= 4 is 17.5 Å². The van der Waals surface area contributed by atoms with Crippen LogP contribution in [0.15, 0.2) is 18.7 Å². The van der Waals surface area contributed by atoms with Gasteiger partial charge in [0.1, 0.15) is 6.33 Å². The molecule has 0 saturated heterocycles. The zero-order valence-corrected chi connectivity index (χ0v) is 12.2. The highest BCUT2D eigenvalue weighted by Crippen LogP contribution is 2.24. The molecule has 1 aliphatic carbocycles. The van der Waals surface area contributed by atoms with Crippen molar-refractivity contribution in [1.82, 2.24) is 24.5 Å². The van der Waals surface area contributed by atoms with Crippen LogP contribution in [-0.4, -0.2) is 37.6 Å². The average Bonchev–Trinajstić information content (AvgIpc) is 3.01. The van der Waals surface area contributed by atoms with Gasteiger partial charge in [0, 0.05) is 25.5 Å². The standard InChI is InChI=1S/C13H17ClN6/c1-19(10-5-3-2-4-6-10)12-16-11(14)17-13(18-12)20-8-7-15-9-20/h7-10H,2-6H2,1H3. The minimum atomic E-state index is 0.210. The van der Waals surface area contributed by atoms with Crippen molar-refractivity contribution in [3.8, 4) is 5.95 Å². The summed E-state index contributed by atoms with van der Waals surface area (Å²) in [5.41, 5.74) is 0. The highest BCUT2D eigenvalue weighted by molar-refractivity contribution is 6.28. The molecule has 2 aromatic heterocycles. The molecule has 1 saturated carbocycles. The number of halogens is 1. The lowest BCUT2D eigenvalue weighted by Gasteiger charge is -2.31. The second kappa shape index (κ2) is 5.75. The molecule has 3 rings (SSSR count). The molecular formula is C13H17ClN6. The molecule has 1 fully saturated rings. The summed E-state index contributed by atoms with van der Waals surface area (Å²) >= 11 is 6.03. The molecule has 0 atom stereocenters. The molecule has 0 bridgehead atoms. The third-order valence-corrected chi connectivity index (χ3v) is 3.93. The Balaban J connectivity index is 1.89. The normalized spacial score (nSPS) is 16.3. The Labute approximate surface area is 122 Å². The molecule has 0 radical (unpaired) electrons. The van der Waals surface area contributed by atoms with Crippen molar-refractivity contribution in [3.63, 3.8) is 0 Å². The van der Waals surface area contributed by atoms with E-state index in [1.54, 1.807) is 23.3 Å². The van der Waals surface area contributed by atoms with Crippen molar-refractivity contribution in [1.29, 1.82) is 0 Å². The van der Waals surface area contributed by atoms with Crippen LogP contribution in [0.5, 0.6) is 0 Å². The fraction of sp³-hybridized carbons (Fsp3) is 0.538. The summed E-state index contributed by atoms with van der Waals surface area (Å²) in [5, 5.41) is 0.210. The minimum Gasteiger partial charge on any atom is -0.341 e. The van der Waals surface area contributed by atoms with E-state index in [4.69, 9.17) is 11.6 Å². The van der Waals surface area contributed by atoms with Gasteiger partial charge >= 0.3 is 0 Å². The maximum Gasteiger partial charge on any atom is 0.241 e. The molecular weight excluding hydrogens is 276 g/mol. The molecule has 20 heavy (non-hydrogen) atoms. The molecule has 2 heterocycles. The van der Waals surface area contributed by atoms with Crippen LogP contribution in [0.1, 0.15) is 32.1 Å². The van der Waals surface area contributed by atoms with Crippen LogP contribution in [0.3, 0.4) is 0 Å². The van der Waals surface area contributed by atoms with Crippen LogP contribution < -0.4 is 4.90 Å². The lowest BCUT2D eigenvalue weighted by Crippen LogP contribution is -2.34. The zero-order valence-electron chi connectivity index (χ0n) is 11.4. The van der Waals surface area contributed by atoms with Crippen molar-refractivity contribution in [2.75, 3.05) is 11.9 Å². The van der Waals surface area contributed by atoms with E-state index < -0.39 is 0 Å². The first kappa shape index (κ1) is 13.3. The van der Waals surface area contributed by atoms with Crippen molar-refractivity contribution in [2.24, 2.45) is 0 Å². The van der Waals surface area contributed by atoms with Gasteiger partial charge in [-0.1, -0.05) is 19.3 Å². The Morgan fingerprint density at radius 3 is 2.70 bits per heavy atom. The van der Waals surface area contributed by atoms with Gasteiger partial charge in [-0.15, -0.1) is 0 Å². The fourth-order valence-electron chi connectivity index (χ4n) is 2.61.